The van der Waals surface area contributed by atoms with Crippen molar-refractivity contribution in [2.24, 2.45) is 5.92 Å². The van der Waals surface area contributed by atoms with E-state index in [0.29, 0.717) is 0 Å². The molecule has 86 valence electrons. The van der Waals surface area contributed by atoms with E-state index in [-0.39, 0.29) is 0 Å². The van der Waals surface area contributed by atoms with Crippen molar-refractivity contribution in [1.29, 1.82) is 0 Å². The van der Waals surface area contributed by atoms with Gasteiger partial charge in [-0.25, -0.2) is 0 Å². The van der Waals surface area contributed by atoms with Crippen LogP contribution in [0.15, 0.2) is 36.4 Å². The van der Waals surface area contributed by atoms with Crippen LogP contribution in [0.5, 0.6) is 0 Å². The first-order valence-electron chi connectivity index (χ1n) is 5.95. The van der Waals surface area contributed by atoms with Gasteiger partial charge in [-0.1, -0.05) is 42.0 Å². The van der Waals surface area contributed by atoms with Crippen LogP contribution in [0.4, 0.5) is 0 Å². The lowest BCUT2D eigenvalue weighted by molar-refractivity contribution is 0.440. The highest BCUT2D eigenvalue weighted by Gasteiger charge is 2.09. The highest BCUT2D eigenvalue weighted by molar-refractivity contribution is 6.31. The van der Waals surface area contributed by atoms with Gasteiger partial charge < -0.3 is 5.32 Å². The van der Waals surface area contributed by atoms with Gasteiger partial charge in [0.05, 0.1) is 0 Å². The minimum Gasteiger partial charge on any atom is -0.312 e. The number of halogens is 1. The molecular weight excluding hydrogens is 218 g/mol. The average Bonchev–Trinajstić information content (AvgIpc) is 2.33. The number of allylic oxidation sites excluding steroid dienone is 2. The molecule has 16 heavy (non-hydrogen) atoms. The van der Waals surface area contributed by atoms with Gasteiger partial charge in [-0.3, -0.25) is 0 Å². The van der Waals surface area contributed by atoms with Crippen LogP contribution in [-0.4, -0.2) is 6.54 Å². The molecule has 0 bridgehead atoms. The number of nitrogens with one attached hydrogen (secondary N) is 1. The summed E-state index contributed by atoms with van der Waals surface area (Å²) in [5.41, 5.74) is 1.19. The average molecular weight is 236 g/mol. The van der Waals surface area contributed by atoms with Crippen molar-refractivity contribution in [3.63, 3.8) is 0 Å². The quantitative estimate of drug-likeness (QED) is 0.784. The van der Waals surface area contributed by atoms with Crippen molar-refractivity contribution in [3.8, 4) is 0 Å². The van der Waals surface area contributed by atoms with E-state index in [1.807, 2.05) is 18.2 Å². The van der Waals surface area contributed by atoms with E-state index >= 15 is 0 Å². The highest BCUT2D eigenvalue weighted by Crippen LogP contribution is 2.18. The lowest BCUT2D eigenvalue weighted by Gasteiger charge is -2.18. The van der Waals surface area contributed by atoms with Crippen LogP contribution < -0.4 is 5.32 Å². The van der Waals surface area contributed by atoms with Gasteiger partial charge in [0.1, 0.15) is 0 Å². The zero-order valence-electron chi connectivity index (χ0n) is 9.45. The third-order valence-electron chi connectivity index (χ3n) is 3.08. The number of benzene rings is 1. The Bertz CT molecular complexity index is 360. The Hall–Kier alpha value is -0.790. The van der Waals surface area contributed by atoms with Gasteiger partial charge >= 0.3 is 0 Å². The first-order chi connectivity index (χ1) is 7.86. The topological polar surface area (TPSA) is 12.0 Å². The van der Waals surface area contributed by atoms with E-state index in [4.69, 9.17) is 11.6 Å². The molecule has 1 aromatic carbocycles. The molecule has 0 saturated carbocycles. The lowest BCUT2D eigenvalue weighted by Crippen LogP contribution is -2.23. The van der Waals surface area contributed by atoms with Crippen LogP contribution in [0, 0.1) is 5.92 Å². The van der Waals surface area contributed by atoms with E-state index in [2.05, 4.69) is 23.5 Å². The fourth-order valence-electron chi connectivity index (χ4n) is 2.09. The van der Waals surface area contributed by atoms with Crippen LogP contribution in [0.2, 0.25) is 5.02 Å². The van der Waals surface area contributed by atoms with Crippen LogP contribution in [-0.2, 0) is 6.54 Å². The number of hydrogen-bond acceptors (Lipinski definition) is 1. The van der Waals surface area contributed by atoms with Crippen molar-refractivity contribution in [2.75, 3.05) is 6.54 Å². The zero-order chi connectivity index (χ0) is 11.2. The Morgan fingerprint density at radius 3 is 2.88 bits per heavy atom. The maximum atomic E-state index is 6.09. The molecule has 1 aliphatic rings. The molecule has 1 nitrogen and oxygen atoms in total. The van der Waals surface area contributed by atoms with Crippen LogP contribution >= 0.6 is 11.6 Å². The maximum absolute atomic E-state index is 6.09. The summed E-state index contributed by atoms with van der Waals surface area (Å²) in [5, 5.41) is 4.35. The van der Waals surface area contributed by atoms with Gasteiger partial charge in [-0.05, 0) is 43.4 Å². The Morgan fingerprint density at radius 2 is 2.12 bits per heavy atom. The summed E-state index contributed by atoms with van der Waals surface area (Å²) in [6.45, 7) is 1.97. The Kier molecular flexibility index (Phi) is 4.44. The Balaban J connectivity index is 1.75. The first-order valence-corrected chi connectivity index (χ1v) is 6.33. The molecule has 0 radical (unpaired) electrons. The third-order valence-corrected chi connectivity index (χ3v) is 3.45. The summed E-state index contributed by atoms with van der Waals surface area (Å²) in [4.78, 5) is 0. The normalized spacial score (nSPS) is 19.9. The van der Waals surface area contributed by atoms with Crippen molar-refractivity contribution in [3.05, 3.63) is 47.0 Å². The molecule has 0 aromatic heterocycles. The second kappa shape index (κ2) is 6.07. The predicted molar refractivity (Wildman–Crippen MR) is 69.6 cm³/mol. The molecule has 2 heteroatoms. The van der Waals surface area contributed by atoms with Gasteiger partial charge in [0.2, 0.25) is 0 Å². The van der Waals surface area contributed by atoms with Gasteiger partial charge in [0.15, 0.2) is 0 Å². The fourth-order valence-corrected chi connectivity index (χ4v) is 2.30. The largest absolute Gasteiger partial charge is 0.312 e. The molecule has 1 aliphatic carbocycles. The molecule has 2 rings (SSSR count). The van der Waals surface area contributed by atoms with E-state index in [1.54, 1.807) is 0 Å². The molecular formula is C14H18ClN. The van der Waals surface area contributed by atoms with Crippen LogP contribution in [0.3, 0.4) is 0 Å². The summed E-state index contributed by atoms with van der Waals surface area (Å²) < 4.78 is 0. The Labute approximate surface area is 103 Å². The second-order valence-corrected chi connectivity index (χ2v) is 4.78. The molecule has 0 fully saturated rings. The van der Waals surface area contributed by atoms with E-state index in [1.165, 1.54) is 24.8 Å². The van der Waals surface area contributed by atoms with E-state index in [0.717, 1.165) is 24.0 Å². The summed E-state index contributed by atoms with van der Waals surface area (Å²) in [5.74, 6) is 0.799. The molecule has 1 unspecified atom stereocenters. The fraction of sp³-hybridized carbons (Fsp3) is 0.429. The number of hydrogen-bond donors (Lipinski definition) is 1. The summed E-state index contributed by atoms with van der Waals surface area (Å²) in [6, 6.07) is 8.03. The van der Waals surface area contributed by atoms with Gasteiger partial charge in [0, 0.05) is 11.6 Å². The third kappa shape index (κ3) is 3.36. The standard InChI is InChI=1S/C14H18ClN/c15-14-9-5-4-8-13(14)11-16-10-12-6-2-1-3-7-12/h1-2,4-5,8-9,12,16H,3,6-7,10-11H2. The smallest absolute Gasteiger partial charge is 0.0450 e. The summed E-state index contributed by atoms with van der Waals surface area (Å²) in [6.07, 6.45) is 8.34. The van der Waals surface area contributed by atoms with Gasteiger partial charge in [-0.2, -0.15) is 0 Å². The lowest BCUT2D eigenvalue weighted by atomic mass is 9.94. The monoisotopic (exact) mass is 235 g/mol. The first kappa shape index (κ1) is 11.7. The molecule has 0 heterocycles. The Morgan fingerprint density at radius 1 is 1.25 bits per heavy atom. The van der Waals surface area contributed by atoms with Crippen molar-refractivity contribution in [2.45, 2.75) is 25.8 Å². The van der Waals surface area contributed by atoms with Crippen LogP contribution in [0.1, 0.15) is 24.8 Å². The minimum absolute atomic E-state index is 0.799. The van der Waals surface area contributed by atoms with Gasteiger partial charge in [-0.15, -0.1) is 0 Å². The van der Waals surface area contributed by atoms with E-state index < -0.39 is 0 Å². The zero-order valence-corrected chi connectivity index (χ0v) is 10.2. The molecule has 0 amide bonds. The SMILES string of the molecule is Clc1ccccc1CNCC1CC=CCC1. The minimum atomic E-state index is 0.799. The van der Waals surface area contributed by atoms with Crippen molar-refractivity contribution < 1.29 is 0 Å². The van der Waals surface area contributed by atoms with Crippen LogP contribution in [0.25, 0.3) is 0 Å². The van der Waals surface area contributed by atoms with Gasteiger partial charge in [0.25, 0.3) is 0 Å². The summed E-state index contributed by atoms with van der Waals surface area (Å²) in [7, 11) is 0. The number of rotatable bonds is 4. The molecule has 0 aliphatic heterocycles. The molecule has 0 saturated heterocycles. The maximum Gasteiger partial charge on any atom is 0.0450 e. The van der Waals surface area contributed by atoms with E-state index in [9.17, 15) is 0 Å². The summed E-state index contributed by atoms with van der Waals surface area (Å²) >= 11 is 6.09. The molecule has 1 N–H and O–H groups in total. The molecule has 1 atom stereocenters. The molecule has 1 aromatic rings. The second-order valence-electron chi connectivity index (χ2n) is 4.37. The molecule has 0 spiro atoms. The highest BCUT2D eigenvalue weighted by atomic mass is 35.5. The van der Waals surface area contributed by atoms with Crippen molar-refractivity contribution in [1.82, 2.24) is 5.32 Å². The van der Waals surface area contributed by atoms with Crippen molar-refractivity contribution >= 4 is 11.6 Å². The predicted octanol–water partition coefficient (Wildman–Crippen LogP) is 3.79.